The Bertz CT molecular complexity index is 107. The fourth-order valence-corrected chi connectivity index (χ4v) is 1.08. The maximum Gasteiger partial charge on any atom is 0.166 e. The molecule has 0 saturated heterocycles. The molecule has 0 aromatic rings. The van der Waals surface area contributed by atoms with E-state index in [4.69, 9.17) is 12.2 Å². The smallest absolute Gasteiger partial charge is 0.166 e. The summed E-state index contributed by atoms with van der Waals surface area (Å²) in [5.74, 6) is 1.11. The molecule has 0 bridgehead atoms. The first-order valence-electron chi connectivity index (χ1n) is 3.82. The normalized spacial score (nSPS) is 9.27. The Labute approximate surface area is 78.5 Å². The molecule has 11 heavy (non-hydrogen) atoms. The Morgan fingerprint density at radius 1 is 1.36 bits per heavy atom. The second-order valence-electron chi connectivity index (χ2n) is 2.18. The minimum atomic E-state index is 0.779. The van der Waals surface area contributed by atoms with Gasteiger partial charge in [0, 0.05) is 18.8 Å². The molecule has 0 aliphatic heterocycles. The molecule has 0 unspecified atom stereocenters. The van der Waals surface area contributed by atoms with Gasteiger partial charge in [0.2, 0.25) is 0 Å². The van der Waals surface area contributed by atoms with Gasteiger partial charge in [-0.25, -0.2) is 0 Å². The standard InChI is InChI=1S/C7H16N2S2/c1-3-4-8-7(10)9-5-6-11-2/h3-6H2,1-2H3,(H2,8,9,10). The van der Waals surface area contributed by atoms with Crippen molar-refractivity contribution in [3.8, 4) is 0 Å². The van der Waals surface area contributed by atoms with Gasteiger partial charge >= 0.3 is 0 Å². The van der Waals surface area contributed by atoms with E-state index in [0.29, 0.717) is 0 Å². The molecule has 0 amide bonds. The van der Waals surface area contributed by atoms with Crippen LogP contribution in [0.4, 0.5) is 0 Å². The van der Waals surface area contributed by atoms with Gasteiger partial charge in [-0.05, 0) is 24.9 Å². The lowest BCUT2D eigenvalue weighted by molar-refractivity contribution is 0.813. The predicted molar refractivity (Wildman–Crippen MR) is 57.3 cm³/mol. The molecule has 0 atom stereocenters. The molecule has 66 valence electrons. The Kier molecular flexibility index (Phi) is 8.17. The lowest BCUT2D eigenvalue weighted by Crippen LogP contribution is -2.36. The van der Waals surface area contributed by atoms with Crippen molar-refractivity contribution in [2.75, 3.05) is 25.1 Å². The van der Waals surface area contributed by atoms with Crippen molar-refractivity contribution >= 4 is 29.1 Å². The third kappa shape index (κ3) is 7.94. The van der Waals surface area contributed by atoms with Crippen LogP contribution in [0.15, 0.2) is 0 Å². The minimum Gasteiger partial charge on any atom is -0.363 e. The van der Waals surface area contributed by atoms with Crippen LogP contribution in [0.3, 0.4) is 0 Å². The van der Waals surface area contributed by atoms with E-state index in [-0.39, 0.29) is 0 Å². The van der Waals surface area contributed by atoms with Crippen molar-refractivity contribution < 1.29 is 0 Å². The van der Waals surface area contributed by atoms with Crippen LogP contribution in [0.5, 0.6) is 0 Å². The van der Waals surface area contributed by atoms with Gasteiger partial charge in [-0.1, -0.05) is 6.92 Å². The van der Waals surface area contributed by atoms with Crippen LogP contribution >= 0.6 is 24.0 Å². The summed E-state index contributed by atoms with van der Waals surface area (Å²) in [5, 5.41) is 7.00. The van der Waals surface area contributed by atoms with E-state index >= 15 is 0 Å². The highest BCUT2D eigenvalue weighted by molar-refractivity contribution is 7.98. The van der Waals surface area contributed by atoms with E-state index in [9.17, 15) is 0 Å². The first-order valence-corrected chi connectivity index (χ1v) is 5.62. The van der Waals surface area contributed by atoms with E-state index in [0.717, 1.165) is 30.4 Å². The van der Waals surface area contributed by atoms with Crippen molar-refractivity contribution in [2.24, 2.45) is 0 Å². The van der Waals surface area contributed by atoms with Gasteiger partial charge in [0.1, 0.15) is 0 Å². The van der Waals surface area contributed by atoms with E-state index in [2.05, 4.69) is 23.8 Å². The average Bonchev–Trinajstić information content (AvgIpc) is 2.01. The molecule has 0 rings (SSSR count). The minimum absolute atomic E-state index is 0.779. The molecule has 0 fully saturated rings. The number of thioether (sulfide) groups is 1. The zero-order valence-electron chi connectivity index (χ0n) is 7.14. The van der Waals surface area contributed by atoms with Crippen LogP contribution in [0, 0.1) is 0 Å². The molecule has 0 spiro atoms. The van der Waals surface area contributed by atoms with Gasteiger partial charge in [0.05, 0.1) is 0 Å². The number of rotatable bonds is 5. The van der Waals surface area contributed by atoms with Gasteiger partial charge < -0.3 is 10.6 Å². The second-order valence-corrected chi connectivity index (χ2v) is 3.57. The average molecular weight is 192 g/mol. The van der Waals surface area contributed by atoms with E-state index in [1.54, 1.807) is 0 Å². The molecule has 0 saturated carbocycles. The van der Waals surface area contributed by atoms with Crippen LogP contribution in [0.1, 0.15) is 13.3 Å². The summed E-state index contributed by atoms with van der Waals surface area (Å²) in [6.45, 7) is 4.04. The molecule has 0 aromatic heterocycles. The topological polar surface area (TPSA) is 24.1 Å². The van der Waals surface area contributed by atoms with Gasteiger partial charge in [0.25, 0.3) is 0 Å². The SMILES string of the molecule is CCCNC(=S)NCCSC. The van der Waals surface area contributed by atoms with Crippen LogP contribution in [-0.2, 0) is 0 Å². The Hall–Kier alpha value is 0.0400. The van der Waals surface area contributed by atoms with Crippen LogP contribution in [0.25, 0.3) is 0 Å². The van der Waals surface area contributed by atoms with Gasteiger partial charge in [-0.15, -0.1) is 0 Å². The highest BCUT2D eigenvalue weighted by Crippen LogP contribution is 1.86. The molecule has 0 radical (unpaired) electrons. The van der Waals surface area contributed by atoms with Crippen molar-refractivity contribution in [3.63, 3.8) is 0 Å². The Balaban J connectivity index is 3.09. The summed E-state index contributed by atoms with van der Waals surface area (Å²) in [4.78, 5) is 0. The second kappa shape index (κ2) is 8.14. The van der Waals surface area contributed by atoms with Gasteiger partial charge in [-0.2, -0.15) is 11.8 Å². The van der Waals surface area contributed by atoms with E-state index in [1.807, 2.05) is 11.8 Å². The van der Waals surface area contributed by atoms with Crippen molar-refractivity contribution in [1.29, 1.82) is 0 Å². The monoisotopic (exact) mass is 192 g/mol. The number of hydrogen-bond donors (Lipinski definition) is 2. The van der Waals surface area contributed by atoms with E-state index in [1.165, 1.54) is 0 Å². The predicted octanol–water partition coefficient (Wildman–Crippen LogP) is 1.22. The molecular weight excluding hydrogens is 176 g/mol. The van der Waals surface area contributed by atoms with Crippen LogP contribution < -0.4 is 10.6 Å². The van der Waals surface area contributed by atoms with Crippen molar-refractivity contribution in [1.82, 2.24) is 10.6 Å². The quantitative estimate of drug-likeness (QED) is 0.505. The van der Waals surface area contributed by atoms with Gasteiger partial charge in [0.15, 0.2) is 5.11 Å². The summed E-state index contributed by atoms with van der Waals surface area (Å²) in [7, 11) is 0. The number of hydrogen-bond acceptors (Lipinski definition) is 2. The van der Waals surface area contributed by atoms with Crippen molar-refractivity contribution in [2.45, 2.75) is 13.3 Å². The molecule has 2 N–H and O–H groups in total. The van der Waals surface area contributed by atoms with Gasteiger partial charge in [-0.3, -0.25) is 0 Å². The summed E-state index contributed by atoms with van der Waals surface area (Å²) in [5.41, 5.74) is 0. The Morgan fingerprint density at radius 3 is 2.55 bits per heavy atom. The van der Waals surface area contributed by atoms with Crippen LogP contribution in [-0.4, -0.2) is 30.2 Å². The highest BCUT2D eigenvalue weighted by atomic mass is 32.2. The number of thiocarbonyl (C=S) groups is 1. The molecule has 4 heteroatoms. The molecule has 0 aliphatic carbocycles. The van der Waals surface area contributed by atoms with Crippen molar-refractivity contribution in [3.05, 3.63) is 0 Å². The molecule has 0 aliphatic rings. The molecule has 0 aromatic carbocycles. The third-order valence-corrected chi connectivity index (χ3v) is 2.03. The van der Waals surface area contributed by atoms with Crippen LogP contribution in [0.2, 0.25) is 0 Å². The zero-order chi connectivity index (χ0) is 8.53. The summed E-state index contributed by atoms with van der Waals surface area (Å²) >= 11 is 6.82. The lowest BCUT2D eigenvalue weighted by Gasteiger charge is -2.07. The maximum absolute atomic E-state index is 5.00. The fourth-order valence-electron chi connectivity index (χ4n) is 0.568. The summed E-state index contributed by atoms with van der Waals surface area (Å²) in [6, 6.07) is 0. The Morgan fingerprint density at radius 2 is 2.00 bits per heavy atom. The largest absolute Gasteiger partial charge is 0.363 e. The summed E-state index contributed by atoms with van der Waals surface area (Å²) in [6.07, 6.45) is 3.20. The maximum atomic E-state index is 5.00. The molecular formula is C7H16N2S2. The fraction of sp³-hybridized carbons (Fsp3) is 0.857. The highest BCUT2D eigenvalue weighted by Gasteiger charge is 1.90. The first kappa shape index (κ1) is 11.0. The third-order valence-electron chi connectivity index (χ3n) is 1.13. The molecule has 0 heterocycles. The first-order chi connectivity index (χ1) is 5.31. The van der Waals surface area contributed by atoms with E-state index < -0.39 is 0 Å². The molecule has 2 nitrogen and oxygen atoms in total. The lowest BCUT2D eigenvalue weighted by atomic mass is 10.5. The summed E-state index contributed by atoms with van der Waals surface area (Å²) < 4.78 is 0. The number of nitrogens with one attached hydrogen (secondary N) is 2. The zero-order valence-corrected chi connectivity index (χ0v) is 8.78.